The highest BCUT2D eigenvalue weighted by Crippen LogP contribution is 2.46. The molecule has 12 rings (SSSR count). The van der Waals surface area contributed by atoms with Gasteiger partial charge in [-0.3, -0.25) is 0 Å². The van der Waals surface area contributed by atoms with Gasteiger partial charge >= 0.3 is 0 Å². The van der Waals surface area contributed by atoms with Crippen LogP contribution in [0.4, 0.5) is 17.1 Å². The Morgan fingerprint density at radius 2 is 0.915 bits per heavy atom. The fourth-order valence-corrected chi connectivity index (χ4v) is 10.4. The smallest absolute Gasteiger partial charge is 0.136 e. The van der Waals surface area contributed by atoms with Gasteiger partial charge in [-0.25, -0.2) is 0 Å². The van der Waals surface area contributed by atoms with Gasteiger partial charge in [0.1, 0.15) is 11.2 Å². The maximum Gasteiger partial charge on any atom is 0.136 e. The summed E-state index contributed by atoms with van der Waals surface area (Å²) in [6.45, 7) is 0. The molecule has 59 heavy (non-hydrogen) atoms. The number of thiophene rings is 1. The Balaban J connectivity index is 0.951. The van der Waals surface area contributed by atoms with E-state index in [9.17, 15) is 0 Å². The molecule has 0 unspecified atom stereocenters. The van der Waals surface area contributed by atoms with Crippen molar-refractivity contribution in [2.75, 3.05) is 4.90 Å². The molecule has 0 radical (unpaired) electrons. The van der Waals surface area contributed by atoms with Crippen molar-refractivity contribution in [3.05, 3.63) is 212 Å². The molecule has 0 spiro atoms. The minimum atomic E-state index is 0.933. The van der Waals surface area contributed by atoms with Crippen LogP contribution in [-0.4, -0.2) is 0 Å². The van der Waals surface area contributed by atoms with Crippen LogP contribution < -0.4 is 4.90 Å². The molecule has 2 heterocycles. The summed E-state index contributed by atoms with van der Waals surface area (Å²) >= 11 is 1.87. The van der Waals surface area contributed by atoms with Crippen LogP contribution in [0.5, 0.6) is 0 Å². The maximum absolute atomic E-state index is 6.27. The average molecular weight is 770 g/mol. The predicted molar refractivity (Wildman–Crippen MR) is 253 cm³/mol. The lowest BCUT2D eigenvalue weighted by atomic mass is 9.97. The van der Waals surface area contributed by atoms with E-state index in [1.807, 2.05) is 17.4 Å². The van der Waals surface area contributed by atoms with Crippen LogP contribution >= 0.6 is 11.3 Å². The van der Waals surface area contributed by atoms with Gasteiger partial charge in [0.25, 0.3) is 0 Å². The highest BCUT2D eigenvalue weighted by molar-refractivity contribution is 7.27. The largest absolute Gasteiger partial charge is 0.456 e. The first-order valence-electron chi connectivity index (χ1n) is 20.1. The van der Waals surface area contributed by atoms with Crippen molar-refractivity contribution in [2.45, 2.75) is 0 Å². The Bertz CT molecular complexity index is 3540. The number of hydrogen-bond donors (Lipinski definition) is 0. The number of para-hydroxylation sites is 1. The van der Waals surface area contributed by atoms with Crippen molar-refractivity contribution in [1.82, 2.24) is 0 Å². The van der Waals surface area contributed by atoms with Crippen molar-refractivity contribution < 1.29 is 4.42 Å². The van der Waals surface area contributed by atoms with Crippen LogP contribution in [0.3, 0.4) is 0 Å². The maximum atomic E-state index is 6.27. The molecule has 3 heteroatoms. The second-order valence-electron chi connectivity index (χ2n) is 15.3. The molecule has 0 aliphatic carbocycles. The van der Waals surface area contributed by atoms with E-state index in [0.717, 1.165) is 28.2 Å². The second-order valence-corrected chi connectivity index (χ2v) is 16.3. The molecule has 276 valence electrons. The van der Waals surface area contributed by atoms with Crippen LogP contribution in [0.1, 0.15) is 0 Å². The number of hydrogen-bond acceptors (Lipinski definition) is 3. The van der Waals surface area contributed by atoms with Gasteiger partial charge in [0.2, 0.25) is 0 Å². The van der Waals surface area contributed by atoms with Gasteiger partial charge in [0.15, 0.2) is 0 Å². The Morgan fingerprint density at radius 1 is 0.322 bits per heavy atom. The normalized spacial score (nSPS) is 11.7. The van der Waals surface area contributed by atoms with Gasteiger partial charge < -0.3 is 9.32 Å². The summed E-state index contributed by atoms with van der Waals surface area (Å²) in [5.74, 6) is 0. The summed E-state index contributed by atoms with van der Waals surface area (Å²) in [5.41, 5.74) is 12.5. The molecule has 0 N–H and O–H groups in total. The van der Waals surface area contributed by atoms with Gasteiger partial charge in [-0.05, 0) is 116 Å². The molecule has 0 fully saturated rings. The lowest BCUT2D eigenvalue weighted by molar-refractivity contribution is 0.669. The van der Waals surface area contributed by atoms with Gasteiger partial charge in [-0.15, -0.1) is 11.3 Å². The SMILES string of the molecule is c1ccc(-c2ccc(N(c3ccc(-c4cccc5ccccc45)cc3)c3ccc4cc(-c5cccc6c5sc5c6ccc6oc7ccccc7c65)ccc4c3)cc2)cc1. The summed E-state index contributed by atoms with van der Waals surface area (Å²) in [4.78, 5) is 2.37. The number of nitrogens with zero attached hydrogens (tertiary/aromatic N) is 1. The molecule has 0 aliphatic heterocycles. The molecule has 2 nitrogen and oxygen atoms in total. The molecule has 0 aliphatic rings. The van der Waals surface area contributed by atoms with Gasteiger partial charge in [-0.1, -0.05) is 152 Å². The monoisotopic (exact) mass is 769 g/mol. The lowest BCUT2D eigenvalue weighted by Crippen LogP contribution is -2.09. The standard InChI is InChI=1S/C56H35NOS/c1-2-10-36(11-3-1)37-22-27-43(28-23-37)57(44-29-24-39(25-30-44)47-16-8-13-38-12-4-5-14-46(38)47)45-31-26-40-34-42(21-20-41(40)35-45)48-17-9-18-49-50-32-33-53-54(56(50)59-55(48)49)51-15-6-7-19-52(51)58-53/h1-35H. The first kappa shape index (κ1) is 33.7. The van der Waals surface area contributed by atoms with Crippen LogP contribution in [-0.2, 0) is 0 Å². The van der Waals surface area contributed by atoms with E-state index in [4.69, 9.17) is 4.42 Å². The average Bonchev–Trinajstić information content (AvgIpc) is 3.88. The first-order chi connectivity index (χ1) is 29.2. The molecule has 2 aromatic heterocycles. The molecule has 0 saturated heterocycles. The molecular formula is C56H35NOS. The van der Waals surface area contributed by atoms with E-state index in [2.05, 4.69) is 211 Å². The zero-order valence-electron chi connectivity index (χ0n) is 32.0. The van der Waals surface area contributed by atoms with Crippen molar-refractivity contribution in [3.63, 3.8) is 0 Å². The quantitative estimate of drug-likeness (QED) is 0.167. The van der Waals surface area contributed by atoms with E-state index in [1.165, 1.54) is 85.9 Å². The van der Waals surface area contributed by atoms with E-state index >= 15 is 0 Å². The summed E-state index contributed by atoms with van der Waals surface area (Å²) in [6.07, 6.45) is 0. The number of furan rings is 1. The Hall–Kier alpha value is -7.46. The van der Waals surface area contributed by atoms with Crippen molar-refractivity contribution >= 4 is 92.1 Å². The fourth-order valence-electron chi connectivity index (χ4n) is 8.98. The highest BCUT2D eigenvalue weighted by atomic mass is 32.1. The summed E-state index contributed by atoms with van der Waals surface area (Å²) < 4.78 is 8.85. The number of benzene rings is 10. The third-order valence-corrected chi connectivity index (χ3v) is 13.1. The van der Waals surface area contributed by atoms with Crippen LogP contribution in [0.25, 0.3) is 97.0 Å². The second kappa shape index (κ2) is 13.6. The third kappa shape index (κ3) is 5.62. The number of fused-ring (bicyclic) bond motifs is 9. The molecule has 10 aromatic carbocycles. The summed E-state index contributed by atoms with van der Waals surface area (Å²) in [6, 6.07) is 76.9. The highest BCUT2D eigenvalue weighted by Gasteiger charge is 2.18. The molecule has 0 amide bonds. The van der Waals surface area contributed by atoms with Crippen molar-refractivity contribution in [2.24, 2.45) is 0 Å². The van der Waals surface area contributed by atoms with Crippen LogP contribution in [0.15, 0.2) is 217 Å². The Kier molecular flexibility index (Phi) is 7.75. The van der Waals surface area contributed by atoms with Crippen molar-refractivity contribution in [1.29, 1.82) is 0 Å². The minimum Gasteiger partial charge on any atom is -0.456 e. The Morgan fingerprint density at radius 3 is 1.76 bits per heavy atom. The lowest BCUT2D eigenvalue weighted by Gasteiger charge is -2.26. The van der Waals surface area contributed by atoms with Gasteiger partial charge in [0, 0.05) is 48.0 Å². The number of rotatable bonds is 6. The zero-order valence-corrected chi connectivity index (χ0v) is 32.8. The molecular weight excluding hydrogens is 735 g/mol. The van der Waals surface area contributed by atoms with E-state index in [0.29, 0.717) is 0 Å². The molecule has 12 aromatic rings. The predicted octanol–water partition coefficient (Wildman–Crippen LogP) is 16.7. The summed E-state index contributed by atoms with van der Waals surface area (Å²) in [5, 5.41) is 9.85. The molecule has 0 atom stereocenters. The number of anilines is 3. The first-order valence-corrected chi connectivity index (χ1v) is 20.9. The van der Waals surface area contributed by atoms with Gasteiger partial charge in [0.05, 0.1) is 0 Å². The Labute approximate surface area is 345 Å². The van der Waals surface area contributed by atoms with Crippen LogP contribution in [0, 0.1) is 0 Å². The van der Waals surface area contributed by atoms with E-state index < -0.39 is 0 Å². The molecule has 0 bridgehead atoms. The van der Waals surface area contributed by atoms with Crippen molar-refractivity contribution in [3.8, 4) is 33.4 Å². The van der Waals surface area contributed by atoms with Gasteiger partial charge in [-0.2, -0.15) is 0 Å². The third-order valence-electron chi connectivity index (χ3n) is 11.9. The van der Waals surface area contributed by atoms with E-state index in [-0.39, 0.29) is 0 Å². The fraction of sp³-hybridized carbons (Fsp3) is 0. The van der Waals surface area contributed by atoms with E-state index in [1.54, 1.807) is 0 Å². The minimum absolute atomic E-state index is 0.933. The molecule has 0 saturated carbocycles. The zero-order chi connectivity index (χ0) is 38.9. The van der Waals surface area contributed by atoms with Crippen LogP contribution in [0.2, 0.25) is 0 Å². The summed E-state index contributed by atoms with van der Waals surface area (Å²) in [7, 11) is 0. The topological polar surface area (TPSA) is 16.4 Å².